The average molecular weight is 289 g/mol. The molecule has 2 aromatic rings. The number of rotatable bonds is 4. The van der Waals surface area contributed by atoms with Crippen LogP contribution >= 0.6 is 0 Å². The van der Waals surface area contributed by atoms with Crippen molar-refractivity contribution in [2.75, 3.05) is 19.1 Å². The lowest BCUT2D eigenvalue weighted by atomic mass is 10.1. The van der Waals surface area contributed by atoms with Crippen LogP contribution in [0, 0.1) is 5.82 Å². The Morgan fingerprint density at radius 2 is 1.90 bits per heavy atom. The maximum absolute atomic E-state index is 14.2. The van der Waals surface area contributed by atoms with Gasteiger partial charge < -0.3 is 20.6 Å². The summed E-state index contributed by atoms with van der Waals surface area (Å²) in [5.41, 5.74) is 6.95. The van der Waals surface area contributed by atoms with E-state index in [1.54, 1.807) is 43.3 Å². The third kappa shape index (κ3) is 3.05. The summed E-state index contributed by atoms with van der Waals surface area (Å²) in [5.74, 6) is 0.139. The van der Waals surface area contributed by atoms with Crippen LogP contribution in [0.25, 0.3) is 0 Å². The number of ether oxygens (including phenoxy) is 1. The molecule has 21 heavy (non-hydrogen) atoms. The molecule has 0 bridgehead atoms. The number of methoxy groups -OCH3 is 1. The molecule has 0 aliphatic heterocycles. The minimum absolute atomic E-state index is 0.132. The maximum Gasteiger partial charge on any atom is 0.170 e. The highest BCUT2D eigenvalue weighted by atomic mass is 19.1. The number of nitrogens with two attached hydrogens (primary N) is 1. The smallest absolute Gasteiger partial charge is 0.170 e. The number of halogens is 1. The van der Waals surface area contributed by atoms with Crippen molar-refractivity contribution in [3.05, 3.63) is 53.8 Å². The van der Waals surface area contributed by atoms with E-state index < -0.39 is 5.82 Å². The number of hydrogen-bond acceptors (Lipinski definition) is 4. The van der Waals surface area contributed by atoms with Gasteiger partial charge in [-0.3, -0.25) is 0 Å². The molecule has 0 atom stereocenters. The minimum atomic E-state index is -0.461. The molecule has 3 N–H and O–H groups in total. The first-order chi connectivity index (χ1) is 10.1. The molecular weight excluding hydrogens is 273 g/mol. The summed E-state index contributed by atoms with van der Waals surface area (Å²) in [7, 11) is 3.34. The zero-order chi connectivity index (χ0) is 15.4. The molecule has 0 saturated heterocycles. The third-order valence-electron chi connectivity index (χ3n) is 3.17. The second kappa shape index (κ2) is 6.13. The van der Waals surface area contributed by atoms with Gasteiger partial charge in [-0.25, -0.2) is 4.39 Å². The zero-order valence-corrected chi connectivity index (χ0v) is 11.7. The second-order valence-electron chi connectivity index (χ2n) is 4.41. The van der Waals surface area contributed by atoms with Crippen molar-refractivity contribution in [3.8, 4) is 5.75 Å². The largest absolute Gasteiger partial charge is 0.497 e. The highest BCUT2D eigenvalue weighted by molar-refractivity contribution is 5.97. The molecule has 0 unspecified atom stereocenters. The molecule has 2 aromatic carbocycles. The lowest BCUT2D eigenvalue weighted by molar-refractivity contribution is 0.318. The normalized spacial score (nSPS) is 11.3. The van der Waals surface area contributed by atoms with Gasteiger partial charge in [0.05, 0.1) is 12.8 Å². The first-order valence-electron chi connectivity index (χ1n) is 6.22. The average Bonchev–Trinajstić information content (AvgIpc) is 2.53. The molecule has 0 fully saturated rings. The van der Waals surface area contributed by atoms with Crippen molar-refractivity contribution in [1.82, 2.24) is 0 Å². The van der Waals surface area contributed by atoms with Crippen molar-refractivity contribution >= 4 is 17.2 Å². The predicted octanol–water partition coefficient (Wildman–Crippen LogP) is 2.70. The van der Waals surface area contributed by atoms with Crippen LogP contribution in [0.1, 0.15) is 5.56 Å². The molecule has 0 radical (unpaired) electrons. The van der Waals surface area contributed by atoms with E-state index in [9.17, 15) is 4.39 Å². The van der Waals surface area contributed by atoms with E-state index in [1.165, 1.54) is 6.07 Å². The van der Waals surface area contributed by atoms with Gasteiger partial charge in [-0.05, 0) is 42.5 Å². The monoisotopic (exact) mass is 289 g/mol. The Morgan fingerprint density at radius 3 is 2.43 bits per heavy atom. The fraction of sp³-hybridized carbons (Fsp3) is 0.133. The number of oxime groups is 1. The number of amidine groups is 1. The third-order valence-corrected chi connectivity index (χ3v) is 3.17. The molecule has 0 heterocycles. The van der Waals surface area contributed by atoms with Gasteiger partial charge in [-0.1, -0.05) is 5.16 Å². The van der Waals surface area contributed by atoms with E-state index >= 15 is 0 Å². The Labute approximate surface area is 122 Å². The maximum atomic E-state index is 14.2. The summed E-state index contributed by atoms with van der Waals surface area (Å²) in [5, 5.41) is 11.5. The summed E-state index contributed by atoms with van der Waals surface area (Å²) >= 11 is 0. The van der Waals surface area contributed by atoms with Gasteiger partial charge in [-0.2, -0.15) is 0 Å². The molecule has 0 spiro atoms. The molecule has 0 aromatic heterocycles. The summed E-state index contributed by atoms with van der Waals surface area (Å²) in [6, 6.07) is 11.7. The van der Waals surface area contributed by atoms with Gasteiger partial charge in [0.15, 0.2) is 5.84 Å². The van der Waals surface area contributed by atoms with E-state index in [-0.39, 0.29) is 5.84 Å². The molecule has 0 saturated carbocycles. The summed E-state index contributed by atoms with van der Waals surface area (Å²) in [6.45, 7) is 0. The SMILES string of the molecule is COc1ccc(N(C)c2ccc(C(N)=NO)cc2F)cc1. The standard InChI is InChI=1S/C15H16FN3O2/c1-19(11-4-6-12(21-2)7-5-11)14-8-3-10(9-13(14)16)15(17)18-20/h3-9,20H,1-2H3,(H2,17,18). The van der Waals surface area contributed by atoms with Crippen molar-refractivity contribution in [2.45, 2.75) is 0 Å². The number of nitrogens with zero attached hydrogens (tertiary/aromatic N) is 2. The van der Waals surface area contributed by atoms with Crippen molar-refractivity contribution in [1.29, 1.82) is 0 Å². The van der Waals surface area contributed by atoms with Crippen molar-refractivity contribution in [2.24, 2.45) is 10.9 Å². The molecule has 5 nitrogen and oxygen atoms in total. The molecule has 110 valence electrons. The Hall–Kier alpha value is -2.76. The van der Waals surface area contributed by atoms with E-state index in [0.717, 1.165) is 11.4 Å². The van der Waals surface area contributed by atoms with Crippen LogP contribution in [-0.4, -0.2) is 25.2 Å². The van der Waals surface area contributed by atoms with E-state index in [4.69, 9.17) is 15.7 Å². The summed E-state index contributed by atoms with van der Waals surface area (Å²) < 4.78 is 19.3. The van der Waals surface area contributed by atoms with E-state index in [1.807, 2.05) is 12.1 Å². The molecule has 2 rings (SSSR count). The molecule has 0 amide bonds. The fourth-order valence-electron chi connectivity index (χ4n) is 1.94. The zero-order valence-electron chi connectivity index (χ0n) is 11.7. The van der Waals surface area contributed by atoms with Crippen molar-refractivity contribution < 1.29 is 14.3 Å². The van der Waals surface area contributed by atoms with E-state index in [0.29, 0.717) is 11.3 Å². The first kappa shape index (κ1) is 14.6. The second-order valence-corrected chi connectivity index (χ2v) is 4.41. The fourth-order valence-corrected chi connectivity index (χ4v) is 1.94. The predicted molar refractivity (Wildman–Crippen MR) is 80.0 cm³/mol. The molecule has 0 aliphatic rings. The molecule has 0 aliphatic carbocycles. The van der Waals surface area contributed by atoms with Crippen LogP contribution in [-0.2, 0) is 0 Å². The topological polar surface area (TPSA) is 71.1 Å². The van der Waals surface area contributed by atoms with Crippen LogP contribution in [0.15, 0.2) is 47.6 Å². The van der Waals surface area contributed by atoms with Crippen molar-refractivity contribution in [3.63, 3.8) is 0 Å². The van der Waals surface area contributed by atoms with Gasteiger partial charge in [0, 0.05) is 18.3 Å². The Kier molecular flexibility index (Phi) is 4.27. The summed E-state index contributed by atoms with van der Waals surface area (Å²) in [6.07, 6.45) is 0. The Bertz CT molecular complexity index is 656. The van der Waals surface area contributed by atoms with Gasteiger partial charge >= 0.3 is 0 Å². The number of anilines is 2. The van der Waals surface area contributed by atoms with Crippen LogP contribution in [0.5, 0.6) is 5.75 Å². The lowest BCUT2D eigenvalue weighted by Gasteiger charge is -2.20. The Morgan fingerprint density at radius 1 is 1.24 bits per heavy atom. The van der Waals surface area contributed by atoms with Gasteiger partial charge in [0.1, 0.15) is 11.6 Å². The highest BCUT2D eigenvalue weighted by Gasteiger charge is 2.11. The quantitative estimate of drug-likeness (QED) is 0.393. The summed E-state index contributed by atoms with van der Waals surface area (Å²) in [4.78, 5) is 1.70. The van der Waals surface area contributed by atoms with Crippen LogP contribution in [0.2, 0.25) is 0 Å². The highest BCUT2D eigenvalue weighted by Crippen LogP contribution is 2.28. The van der Waals surface area contributed by atoms with Crippen LogP contribution < -0.4 is 15.4 Å². The minimum Gasteiger partial charge on any atom is -0.497 e. The Balaban J connectivity index is 2.32. The first-order valence-corrected chi connectivity index (χ1v) is 6.22. The van der Waals surface area contributed by atoms with E-state index in [2.05, 4.69) is 5.16 Å². The van der Waals surface area contributed by atoms with Crippen LogP contribution in [0.4, 0.5) is 15.8 Å². The van der Waals surface area contributed by atoms with Gasteiger partial charge in [-0.15, -0.1) is 0 Å². The van der Waals surface area contributed by atoms with Crippen LogP contribution in [0.3, 0.4) is 0 Å². The van der Waals surface area contributed by atoms with Gasteiger partial charge in [0.2, 0.25) is 0 Å². The molecular formula is C15H16FN3O2. The molecule has 6 heteroatoms. The number of hydrogen-bond donors (Lipinski definition) is 2. The lowest BCUT2D eigenvalue weighted by Crippen LogP contribution is -2.15. The van der Waals surface area contributed by atoms with Gasteiger partial charge in [0.25, 0.3) is 0 Å². The number of benzene rings is 2.